The van der Waals surface area contributed by atoms with Crippen molar-refractivity contribution in [3.63, 3.8) is 0 Å². The van der Waals surface area contributed by atoms with Crippen LogP contribution in [0.25, 0.3) is 6.08 Å². The summed E-state index contributed by atoms with van der Waals surface area (Å²) in [6.07, 6.45) is 3.35. The van der Waals surface area contributed by atoms with Crippen molar-refractivity contribution in [3.05, 3.63) is 52.9 Å². The van der Waals surface area contributed by atoms with Crippen molar-refractivity contribution in [3.8, 4) is 0 Å². The Labute approximate surface area is 136 Å². The Bertz CT molecular complexity index is 773. The van der Waals surface area contributed by atoms with Gasteiger partial charge in [0.15, 0.2) is 5.78 Å². The number of hydrogen-bond acceptors (Lipinski definition) is 3. The molecule has 120 valence electrons. The lowest BCUT2D eigenvalue weighted by Gasteiger charge is -2.03. The minimum absolute atomic E-state index is 0.111. The van der Waals surface area contributed by atoms with Gasteiger partial charge in [-0.2, -0.15) is 5.10 Å². The summed E-state index contributed by atoms with van der Waals surface area (Å²) < 4.78 is 1.91. The largest absolute Gasteiger partial charge is 0.326 e. The lowest BCUT2D eigenvalue weighted by atomic mass is 10.1. The van der Waals surface area contributed by atoms with Crippen LogP contribution in [0, 0.1) is 13.8 Å². The van der Waals surface area contributed by atoms with E-state index in [-0.39, 0.29) is 11.7 Å². The number of amides is 1. The zero-order valence-corrected chi connectivity index (χ0v) is 13.9. The highest BCUT2D eigenvalue weighted by Crippen LogP contribution is 2.16. The van der Waals surface area contributed by atoms with Gasteiger partial charge in [-0.1, -0.05) is 12.1 Å². The van der Waals surface area contributed by atoms with Gasteiger partial charge in [0.1, 0.15) is 0 Å². The molecule has 1 N–H and O–H groups in total. The Hall–Kier alpha value is -2.69. The van der Waals surface area contributed by atoms with E-state index < -0.39 is 0 Å². The predicted molar refractivity (Wildman–Crippen MR) is 91.5 cm³/mol. The normalized spacial score (nSPS) is 11.0. The molecule has 0 fully saturated rings. The van der Waals surface area contributed by atoms with Crippen LogP contribution < -0.4 is 5.32 Å². The van der Waals surface area contributed by atoms with Crippen molar-refractivity contribution >= 4 is 23.5 Å². The van der Waals surface area contributed by atoms with Crippen LogP contribution in [0.5, 0.6) is 0 Å². The maximum absolute atomic E-state index is 12.3. The number of allylic oxidation sites excluding steroid dienone is 1. The van der Waals surface area contributed by atoms with Crippen LogP contribution in [0.15, 0.2) is 30.3 Å². The molecule has 0 bridgehead atoms. The van der Waals surface area contributed by atoms with Gasteiger partial charge in [0.05, 0.1) is 5.69 Å². The highest BCUT2D eigenvalue weighted by atomic mass is 16.1. The number of aryl methyl sites for hydroxylation is 2. The predicted octanol–water partition coefficient (Wildman–Crippen LogP) is 3.37. The van der Waals surface area contributed by atoms with Gasteiger partial charge in [-0.05, 0) is 45.1 Å². The molecule has 1 heterocycles. The van der Waals surface area contributed by atoms with E-state index in [9.17, 15) is 9.59 Å². The zero-order valence-electron chi connectivity index (χ0n) is 13.9. The number of nitrogens with one attached hydrogen (secondary N) is 1. The van der Waals surface area contributed by atoms with Crippen LogP contribution in [-0.2, 0) is 11.3 Å². The molecule has 1 aromatic heterocycles. The SMILES string of the molecule is CCn1nc(C)c(/C=C/C(=O)c2cccc(NC(C)=O)c2)c1C. The average Bonchev–Trinajstić information content (AvgIpc) is 2.78. The van der Waals surface area contributed by atoms with E-state index in [0.29, 0.717) is 11.3 Å². The number of aromatic nitrogens is 2. The number of carbonyl (C=O) groups is 2. The highest BCUT2D eigenvalue weighted by Gasteiger charge is 2.09. The quantitative estimate of drug-likeness (QED) is 0.680. The van der Waals surface area contributed by atoms with Crippen LogP contribution in [-0.4, -0.2) is 21.5 Å². The van der Waals surface area contributed by atoms with Crippen molar-refractivity contribution in [1.82, 2.24) is 9.78 Å². The number of hydrogen-bond donors (Lipinski definition) is 1. The molecule has 5 heteroatoms. The van der Waals surface area contributed by atoms with Gasteiger partial charge in [-0.15, -0.1) is 0 Å². The van der Waals surface area contributed by atoms with E-state index in [1.54, 1.807) is 36.4 Å². The number of benzene rings is 1. The van der Waals surface area contributed by atoms with Crippen molar-refractivity contribution in [2.45, 2.75) is 34.2 Å². The van der Waals surface area contributed by atoms with Crippen molar-refractivity contribution in [2.75, 3.05) is 5.32 Å². The summed E-state index contributed by atoms with van der Waals surface area (Å²) in [4.78, 5) is 23.4. The molecule has 2 aromatic rings. The minimum atomic E-state index is -0.164. The van der Waals surface area contributed by atoms with E-state index in [0.717, 1.165) is 23.5 Å². The van der Waals surface area contributed by atoms with Crippen LogP contribution in [0.1, 0.15) is 41.2 Å². The number of carbonyl (C=O) groups excluding carboxylic acids is 2. The van der Waals surface area contributed by atoms with Crippen LogP contribution >= 0.6 is 0 Å². The van der Waals surface area contributed by atoms with Gasteiger partial charge in [0.2, 0.25) is 5.91 Å². The molecule has 0 aliphatic rings. The average molecular weight is 311 g/mol. The van der Waals surface area contributed by atoms with E-state index in [1.165, 1.54) is 6.92 Å². The van der Waals surface area contributed by atoms with E-state index >= 15 is 0 Å². The molecule has 0 spiro atoms. The third kappa shape index (κ3) is 3.94. The summed E-state index contributed by atoms with van der Waals surface area (Å²) in [5.41, 5.74) is 4.06. The topological polar surface area (TPSA) is 64.0 Å². The maximum atomic E-state index is 12.3. The van der Waals surface area contributed by atoms with Crippen LogP contribution in [0.2, 0.25) is 0 Å². The summed E-state index contributed by atoms with van der Waals surface area (Å²) in [6, 6.07) is 6.90. The van der Waals surface area contributed by atoms with Gasteiger partial charge in [-0.25, -0.2) is 0 Å². The molecule has 0 aliphatic carbocycles. The number of rotatable bonds is 5. The molecule has 0 saturated carbocycles. The van der Waals surface area contributed by atoms with Crippen molar-refractivity contribution in [2.24, 2.45) is 0 Å². The summed E-state index contributed by atoms with van der Waals surface area (Å²) in [5.74, 6) is -0.274. The molecule has 5 nitrogen and oxygen atoms in total. The highest BCUT2D eigenvalue weighted by molar-refractivity contribution is 6.07. The maximum Gasteiger partial charge on any atom is 0.221 e. The standard InChI is InChI=1S/C18H21N3O2/c1-5-21-13(3)17(12(2)20-21)9-10-18(23)15-7-6-8-16(11-15)19-14(4)22/h6-11H,5H2,1-4H3,(H,19,22)/b10-9+. The third-order valence-corrected chi connectivity index (χ3v) is 3.61. The second-order valence-corrected chi connectivity index (χ2v) is 5.36. The Morgan fingerprint density at radius 2 is 2.04 bits per heavy atom. The van der Waals surface area contributed by atoms with Gasteiger partial charge in [0, 0.05) is 36.0 Å². The van der Waals surface area contributed by atoms with Gasteiger partial charge < -0.3 is 5.32 Å². The fourth-order valence-corrected chi connectivity index (χ4v) is 2.47. The molecule has 0 atom stereocenters. The second-order valence-electron chi connectivity index (χ2n) is 5.36. The van der Waals surface area contributed by atoms with Gasteiger partial charge in [0.25, 0.3) is 0 Å². The molecular weight excluding hydrogens is 290 g/mol. The van der Waals surface area contributed by atoms with Crippen LogP contribution in [0.4, 0.5) is 5.69 Å². The number of nitrogens with zero attached hydrogens (tertiary/aromatic N) is 2. The number of ketones is 1. The monoisotopic (exact) mass is 311 g/mol. The number of anilines is 1. The Kier molecular flexibility index (Phi) is 5.11. The van der Waals surface area contributed by atoms with E-state index in [4.69, 9.17) is 0 Å². The Balaban J connectivity index is 2.22. The molecular formula is C18H21N3O2. The lowest BCUT2D eigenvalue weighted by molar-refractivity contribution is -0.114. The molecule has 1 aromatic carbocycles. The molecule has 0 saturated heterocycles. The Morgan fingerprint density at radius 3 is 2.65 bits per heavy atom. The lowest BCUT2D eigenvalue weighted by Crippen LogP contribution is -2.06. The second kappa shape index (κ2) is 7.05. The first-order chi connectivity index (χ1) is 10.9. The smallest absolute Gasteiger partial charge is 0.221 e. The molecule has 0 radical (unpaired) electrons. The molecule has 2 rings (SSSR count). The van der Waals surface area contributed by atoms with Crippen molar-refractivity contribution in [1.29, 1.82) is 0 Å². The first-order valence-electron chi connectivity index (χ1n) is 7.56. The fraction of sp³-hybridized carbons (Fsp3) is 0.278. The first-order valence-corrected chi connectivity index (χ1v) is 7.56. The minimum Gasteiger partial charge on any atom is -0.326 e. The van der Waals surface area contributed by atoms with Gasteiger partial charge >= 0.3 is 0 Å². The van der Waals surface area contributed by atoms with Crippen molar-refractivity contribution < 1.29 is 9.59 Å². The molecule has 1 amide bonds. The summed E-state index contributed by atoms with van der Waals surface area (Å²) in [5, 5.41) is 7.11. The summed E-state index contributed by atoms with van der Waals surface area (Å²) in [6.45, 7) is 8.19. The zero-order chi connectivity index (χ0) is 17.0. The molecule has 23 heavy (non-hydrogen) atoms. The van der Waals surface area contributed by atoms with Crippen LogP contribution in [0.3, 0.4) is 0 Å². The Morgan fingerprint density at radius 1 is 1.30 bits per heavy atom. The molecule has 0 aliphatic heterocycles. The van der Waals surface area contributed by atoms with E-state index in [2.05, 4.69) is 10.4 Å². The fourth-order valence-electron chi connectivity index (χ4n) is 2.47. The summed E-state index contributed by atoms with van der Waals surface area (Å²) in [7, 11) is 0. The van der Waals surface area contributed by atoms with Gasteiger partial charge in [-0.3, -0.25) is 14.3 Å². The third-order valence-electron chi connectivity index (χ3n) is 3.61. The first kappa shape index (κ1) is 16.7. The summed E-state index contributed by atoms with van der Waals surface area (Å²) >= 11 is 0. The van der Waals surface area contributed by atoms with E-state index in [1.807, 2.05) is 25.5 Å². The molecule has 0 unspecified atom stereocenters.